The normalized spacial score (nSPS) is 25.4. The van der Waals surface area contributed by atoms with Gasteiger partial charge in [0.2, 0.25) is 0 Å². The topological polar surface area (TPSA) is 38.8 Å². The van der Waals surface area contributed by atoms with Crippen LogP contribution in [0.1, 0.15) is 12.8 Å². The number of amides is 1. The number of alkyl halides is 1. The molecule has 2 rings (SSSR count). The second kappa shape index (κ2) is 4.70. The Hall–Kier alpha value is -0.290. The van der Waals surface area contributed by atoms with E-state index in [-0.39, 0.29) is 11.5 Å². The number of rotatable bonds is 3. The molecule has 15 heavy (non-hydrogen) atoms. The van der Waals surface area contributed by atoms with Gasteiger partial charge in [0.05, 0.1) is 6.54 Å². The minimum Gasteiger partial charge on any atom is -0.448 e. The molecule has 2 heterocycles. The van der Waals surface area contributed by atoms with Gasteiger partial charge in [0.15, 0.2) is 0 Å². The fourth-order valence-corrected chi connectivity index (χ4v) is 2.85. The summed E-state index contributed by atoms with van der Waals surface area (Å²) in [6.45, 7) is 3.66. The SMILES string of the molecule is O=C1OCCN1CC1(CBr)CCOCC1. The minimum absolute atomic E-state index is 0.165. The highest BCUT2D eigenvalue weighted by Crippen LogP contribution is 2.34. The number of hydrogen-bond donors (Lipinski definition) is 0. The smallest absolute Gasteiger partial charge is 0.409 e. The van der Waals surface area contributed by atoms with Crippen LogP contribution >= 0.6 is 15.9 Å². The van der Waals surface area contributed by atoms with E-state index in [9.17, 15) is 4.79 Å². The van der Waals surface area contributed by atoms with Gasteiger partial charge in [-0.25, -0.2) is 4.79 Å². The van der Waals surface area contributed by atoms with Crippen molar-refractivity contribution in [3.63, 3.8) is 0 Å². The van der Waals surface area contributed by atoms with Crippen LogP contribution in [0, 0.1) is 5.41 Å². The monoisotopic (exact) mass is 277 g/mol. The highest BCUT2D eigenvalue weighted by atomic mass is 79.9. The number of carbonyl (C=O) groups excluding carboxylic acids is 1. The van der Waals surface area contributed by atoms with Gasteiger partial charge >= 0.3 is 6.09 Å². The molecule has 0 spiro atoms. The first-order chi connectivity index (χ1) is 7.26. The van der Waals surface area contributed by atoms with Gasteiger partial charge in [-0.1, -0.05) is 15.9 Å². The fraction of sp³-hybridized carbons (Fsp3) is 0.900. The van der Waals surface area contributed by atoms with Gasteiger partial charge in [0.1, 0.15) is 6.61 Å². The second-order valence-corrected chi connectivity index (χ2v) is 4.84. The first-order valence-corrected chi connectivity index (χ1v) is 6.43. The summed E-state index contributed by atoms with van der Waals surface area (Å²) >= 11 is 3.56. The highest BCUT2D eigenvalue weighted by molar-refractivity contribution is 9.09. The first kappa shape index (κ1) is 11.2. The van der Waals surface area contributed by atoms with Crippen molar-refractivity contribution in [2.75, 3.05) is 38.2 Å². The van der Waals surface area contributed by atoms with Crippen molar-refractivity contribution < 1.29 is 14.3 Å². The summed E-state index contributed by atoms with van der Waals surface area (Å²) in [5, 5.41) is 0.924. The molecule has 0 aromatic heterocycles. The zero-order chi connectivity index (χ0) is 10.7. The van der Waals surface area contributed by atoms with Gasteiger partial charge < -0.3 is 14.4 Å². The van der Waals surface area contributed by atoms with Crippen molar-refractivity contribution in [3.05, 3.63) is 0 Å². The van der Waals surface area contributed by atoms with Gasteiger partial charge in [-0.05, 0) is 12.8 Å². The molecule has 0 aromatic rings. The Morgan fingerprint density at radius 3 is 2.60 bits per heavy atom. The summed E-state index contributed by atoms with van der Waals surface area (Å²) < 4.78 is 10.3. The van der Waals surface area contributed by atoms with E-state index in [0.717, 1.165) is 44.5 Å². The lowest BCUT2D eigenvalue weighted by molar-refractivity contribution is 0.0149. The highest BCUT2D eigenvalue weighted by Gasteiger charge is 2.36. The number of nitrogens with zero attached hydrogens (tertiary/aromatic N) is 1. The Balaban J connectivity index is 1.97. The number of carbonyl (C=O) groups is 1. The minimum atomic E-state index is -0.165. The Morgan fingerprint density at radius 2 is 2.07 bits per heavy atom. The van der Waals surface area contributed by atoms with Crippen LogP contribution in [0.2, 0.25) is 0 Å². The predicted molar refractivity (Wildman–Crippen MR) is 59.2 cm³/mol. The molecule has 0 N–H and O–H groups in total. The Kier molecular flexibility index (Phi) is 3.51. The molecule has 0 bridgehead atoms. The molecule has 0 atom stereocenters. The van der Waals surface area contributed by atoms with E-state index >= 15 is 0 Å². The Morgan fingerprint density at radius 1 is 1.33 bits per heavy atom. The average Bonchev–Trinajstić information content (AvgIpc) is 2.66. The average molecular weight is 278 g/mol. The summed E-state index contributed by atoms with van der Waals surface area (Å²) in [5.74, 6) is 0. The van der Waals surface area contributed by atoms with Crippen molar-refractivity contribution in [3.8, 4) is 0 Å². The van der Waals surface area contributed by atoms with Gasteiger partial charge in [-0.3, -0.25) is 0 Å². The van der Waals surface area contributed by atoms with Gasteiger partial charge in [-0.2, -0.15) is 0 Å². The van der Waals surface area contributed by atoms with Crippen LogP contribution in [0.3, 0.4) is 0 Å². The van der Waals surface area contributed by atoms with E-state index in [1.165, 1.54) is 0 Å². The van der Waals surface area contributed by atoms with Crippen LogP contribution in [0.5, 0.6) is 0 Å². The van der Waals surface area contributed by atoms with Crippen molar-refractivity contribution in [2.24, 2.45) is 5.41 Å². The number of ether oxygens (including phenoxy) is 2. The molecule has 1 amide bonds. The molecule has 86 valence electrons. The van der Waals surface area contributed by atoms with Crippen molar-refractivity contribution in [2.45, 2.75) is 12.8 Å². The van der Waals surface area contributed by atoms with Crippen LogP contribution in [0.15, 0.2) is 0 Å². The van der Waals surface area contributed by atoms with E-state index in [1.54, 1.807) is 0 Å². The maximum atomic E-state index is 11.4. The van der Waals surface area contributed by atoms with Gasteiger partial charge in [0.25, 0.3) is 0 Å². The molecule has 0 radical (unpaired) electrons. The molecule has 5 heteroatoms. The van der Waals surface area contributed by atoms with Crippen molar-refractivity contribution in [1.29, 1.82) is 0 Å². The lowest BCUT2D eigenvalue weighted by Gasteiger charge is -2.37. The lowest BCUT2D eigenvalue weighted by Crippen LogP contribution is -2.43. The van der Waals surface area contributed by atoms with Crippen LogP contribution < -0.4 is 0 Å². The summed E-state index contributed by atoms with van der Waals surface area (Å²) in [6.07, 6.45) is 1.87. The molecular formula is C10H16BrNO3. The van der Waals surface area contributed by atoms with Crippen LogP contribution in [-0.2, 0) is 9.47 Å². The first-order valence-electron chi connectivity index (χ1n) is 5.31. The zero-order valence-corrected chi connectivity index (χ0v) is 10.3. The third-order valence-corrected chi connectivity index (χ3v) is 4.40. The molecule has 0 saturated carbocycles. The summed E-state index contributed by atoms with van der Waals surface area (Å²) in [4.78, 5) is 13.2. The Bertz CT molecular complexity index is 241. The molecule has 0 unspecified atom stereocenters. The van der Waals surface area contributed by atoms with Crippen molar-refractivity contribution >= 4 is 22.0 Å². The zero-order valence-electron chi connectivity index (χ0n) is 8.71. The standard InChI is InChI=1S/C10H16BrNO3/c11-7-10(1-4-14-5-2-10)8-12-3-6-15-9(12)13/h1-8H2. The quantitative estimate of drug-likeness (QED) is 0.736. The molecule has 0 aromatic carbocycles. The molecule has 2 aliphatic rings. The second-order valence-electron chi connectivity index (χ2n) is 4.28. The predicted octanol–water partition coefficient (Wildman–Crippen LogP) is 1.63. The van der Waals surface area contributed by atoms with E-state index < -0.39 is 0 Å². The van der Waals surface area contributed by atoms with Crippen molar-refractivity contribution in [1.82, 2.24) is 4.90 Å². The fourth-order valence-electron chi connectivity index (χ4n) is 2.11. The summed E-state index contributed by atoms with van der Waals surface area (Å²) in [6, 6.07) is 0. The Labute approximate surface area is 98.0 Å². The molecular weight excluding hydrogens is 262 g/mol. The van der Waals surface area contributed by atoms with Gasteiger partial charge in [-0.15, -0.1) is 0 Å². The number of halogens is 1. The van der Waals surface area contributed by atoms with Gasteiger partial charge in [0, 0.05) is 30.5 Å². The van der Waals surface area contributed by atoms with E-state index in [2.05, 4.69) is 15.9 Å². The van der Waals surface area contributed by atoms with E-state index in [4.69, 9.17) is 9.47 Å². The third kappa shape index (κ3) is 2.45. The lowest BCUT2D eigenvalue weighted by atomic mass is 9.82. The number of hydrogen-bond acceptors (Lipinski definition) is 3. The summed E-state index contributed by atoms with van der Waals surface area (Å²) in [5.41, 5.74) is 0.182. The largest absolute Gasteiger partial charge is 0.448 e. The maximum absolute atomic E-state index is 11.4. The molecule has 2 fully saturated rings. The molecule has 4 nitrogen and oxygen atoms in total. The summed E-state index contributed by atoms with van der Waals surface area (Å²) in [7, 11) is 0. The molecule has 0 aliphatic carbocycles. The molecule has 2 saturated heterocycles. The number of cyclic esters (lactones) is 1. The third-order valence-electron chi connectivity index (χ3n) is 3.21. The maximum Gasteiger partial charge on any atom is 0.409 e. The van der Waals surface area contributed by atoms with Crippen LogP contribution in [0.4, 0.5) is 4.79 Å². The molecule has 2 aliphatic heterocycles. The van der Waals surface area contributed by atoms with E-state index in [1.807, 2.05) is 4.90 Å². The van der Waals surface area contributed by atoms with Crippen LogP contribution in [-0.4, -0.2) is 49.2 Å². The van der Waals surface area contributed by atoms with E-state index in [0.29, 0.717) is 6.61 Å². The van der Waals surface area contributed by atoms with Crippen LogP contribution in [0.25, 0.3) is 0 Å².